The summed E-state index contributed by atoms with van der Waals surface area (Å²) in [6.07, 6.45) is 0.824. The summed E-state index contributed by atoms with van der Waals surface area (Å²) in [5.41, 5.74) is 2.97. The van der Waals surface area contributed by atoms with Crippen LogP contribution in [0.2, 0.25) is 0 Å². The number of fused-ring (bicyclic) bond motifs is 1. The summed E-state index contributed by atoms with van der Waals surface area (Å²) in [7, 11) is 1.61. The number of phenols is 1. The maximum atomic E-state index is 10.3. The fraction of sp³-hybridized carbons (Fsp3) is 0.167. The number of hydrogen-bond donors (Lipinski definition) is 2. The molecule has 0 atom stereocenters. The molecule has 1 aliphatic rings. The van der Waals surface area contributed by atoms with Crippen LogP contribution in [0.15, 0.2) is 79.1 Å². The molecule has 0 saturated carbocycles. The lowest BCUT2D eigenvalue weighted by Gasteiger charge is -2.33. The Balaban J connectivity index is 1.39. The first kappa shape index (κ1) is 18.7. The van der Waals surface area contributed by atoms with E-state index in [1.54, 1.807) is 13.2 Å². The average molecular weight is 388 g/mol. The van der Waals surface area contributed by atoms with Crippen molar-refractivity contribution in [3.05, 3.63) is 90.3 Å². The van der Waals surface area contributed by atoms with Gasteiger partial charge >= 0.3 is 0 Å². The Bertz CT molecular complexity index is 1000. The molecular formula is C24H24N2O3. The molecular weight excluding hydrogens is 364 g/mol. The number of para-hydroxylation sites is 1. The third-order valence-corrected chi connectivity index (χ3v) is 5.03. The van der Waals surface area contributed by atoms with Crippen LogP contribution >= 0.6 is 0 Å². The standard InChI is InChI=1S/C24H24N2O3/c1-17(26-13-12-18-14-22(28-2)15-24(27)23(18)16-26)25-19-8-10-21(11-9-19)29-20-6-4-3-5-7-20/h3-11,14-15,25,27H,1,12-13,16H2,2H3. The second-order valence-electron chi connectivity index (χ2n) is 6.97. The molecule has 0 radical (unpaired) electrons. The van der Waals surface area contributed by atoms with E-state index in [0.717, 1.165) is 47.1 Å². The zero-order chi connectivity index (χ0) is 20.2. The molecule has 3 aromatic rings. The van der Waals surface area contributed by atoms with E-state index in [2.05, 4.69) is 16.8 Å². The Hall–Kier alpha value is -3.60. The molecule has 1 heterocycles. The van der Waals surface area contributed by atoms with Crippen LogP contribution in [-0.4, -0.2) is 23.7 Å². The van der Waals surface area contributed by atoms with Gasteiger partial charge in [-0.05, 0) is 54.4 Å². The Morgan fingerprint density at radius 2 is 1.72 bits per heavy atom. The fourth-order valence-corrected chi connectivity index (χ4v) is 3.44. The minimum atomic E-state index is 0.263. The van der Waals surface area contributed by atoms with E-state index in [1.165, 1.54) is 0 Å². The third kappa shape index (κ3) is 4.29. The van der Waals surface area contributed by atoms with Gasteiger partial charge in [-0.15, -0.1) is 0 Å². The summed E-state index contributed by atoms with van der Waals surface area (Å²) in [4.78, 5) is 2.13. The van der Waals surface area contributed by atoms with Crippen LogP contribution in [0.3, 0.4) is 0 Å². The molecule has 0 fully saturated rings. The second-order valence-corrected chi connectivity index (χ2v) is 6.97. The van der Waals surface area contributed by atoms with E-state index in [4.69, 9.17) is 9.47 Å². The van der Waals surface area contributed by atoms with Crippen molar-refractivity contribution in [1.82, 2.24) is 4.90 Å². The molecule has 0 unspecified atom stereocenters. The van der Waals surface area contributed by atoms with Crippen LogP contribution in [0.1, 0.15) is 11.1 Å². The monoisotopic (exact) mass is 388 g/mol. The van der Waals surface area contributed by atoms with E-state index in [-0.39, 0.29) is 5.75 Å². The molecule has 3 aromatic carbocycles. The maximum absolute atomic E-state index is 10.3. The molecule has 0 amide bonds. The quantitative estimate of drug-likeness (QED) is 0.613. The maximum Gasteiger partial charge on any atom is 0.127 e. The highest BCUT2D eigenvalue weighted by Gasteiger charge is 2.21. The van der Waals surface area contributed by atoms with Crippen LogP contribution in [0.25, 0.3) is 0 Å². The van der Waals surface area contributed by atoms with Crippen molar-refractivity contribution in [3.63, 3.8) is 0 Å². The van der Waals surface area contributed by atoms with Gasteiger partial charge in [0.25, 0.3) is 0 Å². The van der Waals surface area contributed by atoms with Gasteiger partial charge in [-0.2, -0.15) is 0 Å². The van der Waals surface area contributed by atoms with Gasteiger partial charge in [0.15, 0.2) is 0 Å². The molecule has 29 heavy (non-hydrogen) atoms. The zero-order valence-corrected chi connectivity index (χ0v) is 16.4. The van der Waals surface area contributed by atoms with Crippen molar-refractivity contribution in [2.45, 2.75) is 13.0 Å². The molecule has 5 heteroatoms. The van der Waals surface area contributed by atoms with Crippen LogP contribution in [-0.2, 0) is 13.0 Å². The van der Waals surface area contributed by atoms with Crippen molar-refractivity contribution in [2.75, 3.05) is 19.0 Å². The van der Waals surface area contributed by atoms with Gasteiger partial charge in [-0.25, -0.2) is 0 Å². The summed E-state index contributed by atoms with van der Waals surface area (Å²) in [5, 5.41) is 13.7. The lowest BCUT2D eigenvalue weighted by Crippen LogP contribution is -2.32. The molecule has 0 aliphatic carbocycles. The molecule has 1 aliphatic heterocycles. The topological polar surface area (TPSA) is 54.0 Å². The van der Waals surface area contributed by atoms with Crippen LogP contribution < -0.4 is 14.8 Å². The van der Waals surface area contributed by atoms with E-state index >= 15 is 0 Å². The molecule has 5 nitrogen and oxygen atoms in total. The van der Waals surface area contributed by atoms with Crippen molar-refractivity contribution < 1.29 is 14.6 Å². The van der Waals surface area contributed by atoms with E-state index in [0.29, 0.717) is 12.3 Å². The number of aromatic hydroxyl groups is 1. The minimum absolute atomic E-state index is 0.263. The van der Waals surface area contributed by atoms with Crippen LogP contribution in [0.5, 0.6) is 23.0 Å². The molecule has 4 rings (SSSR count). The normalized spacial score (nSPS) is 12.8. The number of methoxy groups -OCH3 is 1. The first-order valence-corrected chi connectivity index (χ1v) is 9.55. The lowest BCUT2D eigenvalue weighted by molar-refractivity contribution is 0.316. The number of nitrogens with zero attached hydrogens (tertiary/aromatic N) is 1. The number of nitrogens with one attached hydrogen (secondary N) is 1. The lowest BCUT2D eigenvalue weighted by atomic mass is 9.98. The van der Waals surface area contributed by atoms with Crippen molar-refractivity contribution in [1.29, 1.82) is 0 Å². The van der Waals surface area contributed by atoms with Gasteiger partial charge in [0.1, 0.15) is 23.0 Å². The summed E-state index contributed by atoms with van der Waals surface area (Å²) in [5.74, 6) is 3.32. The number of hydrogen-bond acceptors (Lipinski definition) is 5. The molecule has 0 aromatic heterocycles. The average Bonchev–Trinajstić information content (AvgIpc) is 2.75. The molecule has 148 valence electrons. The number of anilines is 1. The second kappa shape index (κ2) is 8.19. The van der Waals surface area contributed by atoms with Crippen LogP contribution in [0, 0.1) is 0 Å². The zero-order valence-electron chi connectivity index (χ0n) is 16.4. The van der Waals surface area contributed by atoms with Gasteiger partial charge in [0.05, 0.1) is 12.9 Å². The molecule has 2 N–H and O–H groups in total. The van der Waals surface area contributed by atoms with E-state index < -0.39 is 0 Å². The van der Waals surface area contributed by atoms with Gasteiger partial charge in [-0.1, -0.05) is 24.8 Å². The minimum Gasteiger partial charge on any atom is -0.507 e. The van der Waals surface area contributed by atoms with E-state index in [9.17, 15) is 5.11 Å². The van der Waals surface area contributed by atoms with Crippen molar-refractivity contribution in [3.8, 4) is 23.0 Å². The highest BCUT2D eigenvalue weighted by atomic mass is 16.5. The fourth-order valence-electron chi connectivity index (χ4n) is 3.44. The Morgan fingerprint density at radius 1 is 1.00 bits per heavy atom. The summed E-state index contributed by atoms with van der Waals surface area (Å²) in [6, 6.07) is 21.1. The molecule has 0 bridgehead atoms. The summed E-state index contributed by atoms with van der Waals surface area (Å²) in [6.45, 7) is 5.60. The Kier molecular flexibility index (Phi) is 5.29. The Morgan fingerprint density at radius 3 is 2.45 bits per heavy atom. The van der Waals surface area contributed by atoms with E-state index in [1.807, 2.05) is 60.7 Å². The SMILES string of the molecule is C=C(Nc1ccc(Oc2ccccc2)cc1)N1CCc2cc(OC)cc(O)c2C1. The third-order valence-electron chi connectivity index (χ3n) is 5.03. The molecule has 0 spiro atoms. The van der Waals surface area contributed by atoms with Gasteiger partial charge in [0.2, 0.25) is 0 Å². The highest BCUT2D eigenvalue weighted by molar-refractivity contribution is 5.51. The smallest absolute Gasteiger partial charge is 0.127 e. The first-order chi connectivity index (χ1) is 14.1. The van der Waals surface area contributed by atoms with Gasteiger partial charge in [0, 0.05) is 30.4 Å². The molecule has 0 saturated heterocycles. The number of phenolic OH excluding ortho intramolecular Hbond substituents is 1. The van der Waals surface area contributed by atoms with Crippen LogP contribution in [0.4, 0.5) is 5.69 Å². The Labute approximate surface area is 170 Å². The predicted octanol–water partition coefficient (Wildman–Crippen LogP) is 5.13. The summed E-state index contributed by atoms with van der Waals surface area (Å²) >= 11 is 0. The van der Waals surface area contributed by atoms with Crippen molar-refractivity contribution >= 4 is 5.69 Å². The first-order valence-electron chi connectivity index (χ1n) is 9.55. The predicted molar refractivity (Wildman–Crippen MR) is 114 cm³/mol. The number of benzene rings is 3. The number of ether oxygens (including phenoxy) is 2. The summed E-state index contributed by atoms with van der Waals surface area (Å²) < 4.78 is 11.1. The number of rotatable bonds is 6. The highest BCUT2D eigenvalue weighted by Crippen LogP contribution is 2.33. The largest absolute Gasteiger partial charge is 0.507 e. The van der Waals surface area contributed by atoms with Gasteiger partial charge < -0.3 is 24.8 Å². The van der Waals surface area contributed by atoms with Gasteiger partial charge in [-0.3, -0.25) is 0 Å². The van der Waals surface area contributed by atoms with Crippen molar-refractivity contribution in [2.24, 2.45) is 0 Å².